The first kappa shape index (κ1) is 19.8. The van der Waals surface area contributed by atoms with Crippen molar-refractivity contribution in [3.63, 3.8) is 0 Å². The lowest BCUT2D eigenvalue weighted by Gasteiger charge is -2.06. The molecular formula is C23H20ClN3O3. The van der Waals surface area contributed by atoms with Gasteiger partial charge in [0.25, 0.3) is 0 Å². The number of halogens is 1. The zero-order valence-electron chi connectivity index (χ0n) is 16.6. The van der Waals surface area contributed by atoms with Crippen molar-refractivity contribution in [2.75, 3.05) is 19.5 Å². The molecule has 3 aromatic carbocycles. The van der Waals surface area contributed by atoms with Crippen LogP contribution in [0.3, 0.4) is 0 Å². The van der Waals surface area contributed by atoms with Crippen molar-refractivity contribution in [3.05, 3.63) is 77.3 Å². The maximum atomic E-state index is 12.9. The Labute approximate surface area is 179 Å². The Balaban J connectivity index is 1.71. The maximum absolute atomic E-state index is 12.9. The summed E-state index contributed by atoms with van der Waals surface area (Å²) in [5, 5.41) is 9.40. The third-order valence-corrected chi connectivity index (χ3v) is 4.97. The van der Waals surface area contributed by atoms with Crippen LogP contribution < -0.4 is 14.8 Å². The highest BCUT2D eigenvalue weighted by Gasteiger charge is 2.16. The second kappa shape index (κ2) is 8.47. The summed E-state index contributed by atoms with van der Waals surface area (Å²) in [7, 11) is 3.19. The lowest BCUT2D eigenvalue weighted by Crippen LogP contribution is -2.12. The summed E-state index contributed by atoms with van der Waals surface area (Å²) in [5.74, 6) is 1.89. The Hall–Kier alpha value is -3.51. The molecule has 0 spiro atoms. The van der Waals surface area contributed by atoms with Crippen LogP contribution in [0.4, 0.5) is 11.5 Å². The normalized spacial score (nSPS) is 10.8. The molecule has 0 saturated carbocycles. The first-order valence-electron chi connectivity index (χ1n) is 9.32. The van der Waals surface area contributed by atoms with Crippen LogP contribution in [0.1, 0.15) is 10.4 Å². The van der Waals surface area contributed by atoms with E-state index >= 15 is 0 Å². The van der Waals surface area contributed by atoms with Crippen LogP contribution in [-0.2, 0) is 6.54 Å². The molecule has 0 radical (unpaired) electrons. The largest absolute Gasteiger partial charge is 0.497 e. The van der Waals surface area contributed by atoms with Crippen molar-refractivity contribution in [3.8, 4) is 11.5 Å². The van der Waals surface area contributed by atoms with Crippen molar-refractivity contribution in [1.29, 1.82) is 0 Å². The molecule has 6 nitrogen and oxygen atoms in total. The lowest BCUT2D eigenvalue weighted by atomic mass is 10.1. The molecule has 30 heavy (non-hydrogen) atoms. The number of hydrogen-bond acceptors (Lipinski definition) is 5. The molecule has 7 heteroatoms. The number of carbonyl (C=O) groups excluding carboxylic acids is 1. The van der Waals surface area contributed by atoms with Crippen molar-refractivity contribution < 1.29 is 14.3 Å². The third-order valence-electron chi connectivity index (χ3n) is 4.73. The number of nitrogens with one attached hydrogen (secondary N) is 1. The van der Waals surface area contributed by atoms with Gasteiger partial charge in [0.2, 0.25) is 0 Å². The summed E-state index contributed by atoms with van der Waals surface area (Å²) in [6.07, 6.45) is 0. The van der Waals surface area contributed by atoms with E-state index in [1.807, 2.05) is 36.4 Å². The van der Waals surface area contributed by atoms with Crippen LogP contribution in [0.5, 0.6) is 11.5 Å². The Bertz CT molecular complexity index is 1220. The van der Waals surface area contributed by atoms with E-state index in [-0.39, 0.29) is 12.3 Å². The fourth-order valence-electron chi connectivity index (χ4n) is 3.22. The number of ether oxygens (including phenoxy) is 2. The van der Waals surface area contributed by atoms with E-state index in [0.29, 0.717) is 27.9 Å². The number of aromatic nitrogens is 2. The molecular weight excluding hydrogens is 402 g/mol. The van der Waals surface area contributed by atoms with Gasteiger partial charge in [-0.25, -0.2) is 0 Å². The van der Waals surface area contributed by atoms with E-state index in [1.165, 1.54) is 0 Å². The predicted octanol–water partition coefficient (Wildman–Crippen LogP) is 5.33. The number of rotatable bonds is 7. The molecule has 0 aliphatic rings. The maximum Gasteiger partial charge on any atom is 0.184 e. The van der Waals surface area contributed by atoms with Gasteiger partial charge < -0.3 is 14.8 Å². The summed E-state index contributed by atoms with van der Waals surface area (Å²) in [6.45, 7) is 0.0905. The van der Waals surface area contributed by atoms with Gasteiger partial charge in [0.1, 0.15) is 18.0 Å². The Morgan fingerprint density at radius 3 is 2.53 bits per heavy atom. The molecule has 4 rings (SSSR count). The first-order valence-corrected chi connectivity index (χ1v) is 9.69. The number of anilines is 2. The first-order chi connectivity index (χ1) is 14.6. The topological polar surface area (TPSA) is 65.4 Å². The standard InChI is InChI=1S/C23H20ClN3O3/c1-29-18-8-3-5-15(11-18)22(28)14-27-21-10-9-19(30-2)13-20(21)23(26-27)25-17-7-4-6-16(24)12-17/h3-13H,14H2,1-2H3,(H,25,26). The van der Waals surface area contributed by atoms with Crippen molar-refractivity contribution >= 4 is 39.8 Å². The number of hydrogen-bond donors (Lipinski definition) is 1. The monoisotopic (exact) mass is 421 g/mol. The molecule has 0 aliphatic heterocycles. The number of fused-ring (bicyclic) bond motifs is 1. The highest BCUT2D eigenvalue weighted by molar-refractivity contribution is 6.30. The highest BCUT2D eigenvalue weighted by atomic mass is 35.5. The zero-order valence-corrected chi connectivity index (χ0v) is 17.3. The summed E-state index contributed by atoms with van der Waals surface area (Å²) in [6, 6.07) is 20.1. The summed E-state index contributed by atoms with van der Waals surface area (Å²) >= 11 is 6.10. The Kier molecular flexibility index (Phi) is 5.59. The quantitative estimate of drug-likeness (QED) is 0.408. The van der Waals surface area contributed by atoms with Crippen LogP contribution in [-0.4, -0.2) is 29.8 Å². The fraction of sp³-hybridized carbons (Fsp3) is 0.130. The summed E-state index contributed by atoms with van der Waals surface area (Å²) in [5.41, 5.74) is 2.18. The lowest BCUT2D eigenvalue weighted by molar-refractivity contribution is 0.0969. The molecule has 0 amide bonds. The van der Waals surface area contributed by atoms with Crippen LogP contribution in [0.25, 0.3) is 10.9 Å². The highest BCUT2D eigenvalue weighted by Crippen LogP contribution is 2.30. The molecule has 1 heterocycles. The SMILES string of the molecule is COc1cccc(C(=O)Cn2nc(Nc3cccc(Cl)c3)c3cc(OC)ccc32)c1. The number of nitrogens with zero attached hydrogens (tertiary/aromatic N) is 2. The van der Waals surface area contributed by atoms with Gasteiger partial charge in [-0.2, -0.15) is 5.10 Å². The average Bonchev–Trinajstić information content (AvgIpc) is 3.10. The second-order valence-corrected chi connectivity index (χ2v) is 7.12. The van der Waals surface area contributed by atoms with Gasteiger partial charge >= 0.3 is 0 Å². The Morgan fingerprint density at radius 2 is 1.77 bits per heavy atom. The van der Waals surface area contributed by atoms with Gasteiger partial charge in [0, 0.05) is 21.7 Å². The van der Waals surface area contributed by atoms with Crippen LogP contribution in [0.2, 0.25) is 5.02 Å². The summed E-state index contributed by atoms with van der Waals surface area (Å²) < 4.78 is 12.3. The van der Waals surface area contributed by atoms with E-state index in [1.54, 1.807) is 49.2 Å². The van der Waals surface area contributed by atoms with Crippen LogP contribution in [0.15, 0.2) is 66.7 Å². The molecule has 0 unspecified atom stereocenters. The van der Waals surface area contributed by atoms with Gasteiger partial charge in [-0.1, -0.05) is 29.8 Å². The van der Waals surface area contributed by atoms with E-state index in [9.17, 15) is 4.79 Å². The molecule has 0 saturated heterocycles. The molecule has 0 aliphatic carbocycles. The van der Waals surface area contributed by atoms with Gasteiger partial charge in [-0.15, -0.1) is 0 Å². The van der Waals surface area contributed by atoms with E-state index < -0.39 is 0 Å². The van der Waals surface area contributed by atoms with Gasteiger partial charge in [0.05, 0.1) is 19.7 Å². The van der Waals surface area contributed by atoms with Gasteiger partial charge in [-0.3, -0.25) is 9.48 Å². The molecule has 0 atom stereocenters. The van der Waals surface area contributed by atoms with Crippen molar-refractivity contribution in [2.24, 2.45) is 0 Å². The average molecular weight is 422 g/mol. The molecule has 0 bridgehead atoms. The van der Waals surface area contributed by atoms with E-state index in [4.69, 9.17) is 21.1 Å². The number of benzene rings is 3. The molecule has 1 N–H and O–H groups in total. The second-order valence-electron chi connectivity index (χ2n) is 6.68. The molecule has 152 valence electrons. The number of ketones is 1. The predicted molar refractivity (Wildman–Crippen MR) is 118 cm³/mol. The number of methoxy groups -OCH3 is 2. The van der Waals surface area contributed by atoms with Gasteiger partial charge in [-0.05, 0) is 48.5 Å². The molecule has 0 fully saturated rings. The fourth-order valence-corrected chi connectivity index (χ4v) is 3.42. The van der Waals surface area contributed by atoms with Gasteiger partial charge in [0.15, 0.2) is 11.6 Å². The number of carbonyl (C=O) groups is 1. The molecule has 1 aromatic heterocycles. The minimum Gasteiger partial charge on any atom is -0.497 e. The minimum atomic E-state index is -0.0663. The van der Waals surface area contributed by atoms with E-state index in [0.717, 1.165) is 16.6 Å². The smallest absolute Gasteiger partial charge is 0.184 e. The summed E-state index contributed by atoms with van der Waals surface area (Å²) in [4.78, 5) is 12.9. The number of Topliss-reactive ketones (excluding diaryl/α,β-unsaturated/α-hetero) is 1. The van der Waals surface area contributed by atoms with Crippen LogP contribution in [0, 0.1) is 0 Å². The third kappa shape index (κ3) is 4.09. The molecule has 4 aromatic rings. The van der Waals surface area contributed by atoms with Crippen molar-refractivity contribution in [2.45, 2.75) is 6.54 Å². The Morgan fingerprint density at radius 1 is 1.00 bits per heavy atom. The zero-order chi connectivity index (χ0) is 21.1. The minimum absolute atomic E-state index is 0.0663. The van der Waals surface area contributed by atoms with Crippen molar-refractivity contribution in [1.82, 2.24) is 9.78 Å². The van der Waals surface area contributed by atoms with E-state index in [2.05, 4.69) is 10.4 Å². The van der Waals surface area contributed by atoms with Crippen LogP contribution >= 0.6 is 11.6 Å².